The van der Waals surface area contributed by atoms with E-state index >= 15 is 0 Å². The Morgan fingerprint density at radius 1 is 1.08 bits per heavy atom. The second-order valence-corrected chi connectivity index (χ2v) is 9.46. The molecule has 3 rings (SSSR count). The average Bonchev–Trinajstić information content (AvgIpc) is 3.28. The predicted molar refractivity (Wildman–Crippen MR) is 108 cm³/mol. The molecule has 0 bridgehead atoms. The van der Waals surface area contributed by atoms with Crippen LogP contribution in [0.4, 0.5) is 5.13 Å². The SMILES string of the molecule is CCN(CC)c1nc2sc(C(=O)NNC(=O)c3ccc(Br)s3)cc2s1. The number of carbonyl (C=O) groups excluding carboxylic acids is 2. The van der Waals surface area contributed by atoms with Gasteiger partial charge in [-0.15, -0.1) is 22.7 Å². The van der Waals surface area contributed by atoms with Crippen LogP contribution in [-0.2, 0) is 0 Å². The van der Waals surface area contributed by atoms with Gasteiger partial charge in [0, 0.05) is 13.1 Å². The van der Waals surface area contributed by atoms with Crippen molar-refractivity contribution in [3.63, 3.8) is 0 Å². The third-order valence-corrected chi connectivity index (χ3v) is 7.26. The number of halogens is 1. The fraction of sp³-hybridized carbons (Fsp3) is 0.267. The first-order valence-corrected chi connectivity index (χ1v) is 10.8. The van der Waals surface area contributed by atoms with Crippen LogP contribution in [0.2, 0.25) is 0 Å². The molecule has 0 spiro atoms. The summed E-state index contributed by atoms with van der Waals surface area (Å²) in [5.74, 6) is -0.687. The van der Waals surface area contributed by atoms with Crippen LogP contribution in [0.3, 0.4) is 0 Å². The first-order chi connectivity index (χ1) is 12.0. The monoisotopic (exact) mass is 458 g/mol. The molecule has 0 radical (unpaired) electrons. The molecule has 3 heterocycles. The van der Waals surface area contributed by atoms with Gasteiger partial charge in [-0.1, -0.05) is 11.3 Å². The minimum Gasteiger partial charge on any atom is -0.349 e. The smallest absolute Gasteiger partial charge is 0.279 e. The molecule has 0 unspecified atom stereocenters. The van der Waals surface area contributed by atoms with Crippen molar-refractivity contribution in [1.29, 1.82) is 0 Å². The summed E-state index contributed by atoms with van der Waals surface area (Å²) < 4.78 is 1.84. The highest BCUT2D eigenvalue weighted by atomic mass is 79.9. The van der Waals surface area contributed by atoms with E-state index in [1.807, 2.05) is 6.07 Å². The van der Waals surface area contributed by atoms with Crippen LogP contribution in [0.25, 0.3) is 9.53 Å². The number of anilines is 1. The standard InChI is InChI=1S/C15H15BrN4O2S3/c1-3-20(4-2)15-17-14-10(25-15)7-9(24-14)13(22)19-18-12(21)8-5-6-11(16)23-8/h5-7H,3-4H2,1-2H3,(H,18,21)(H,19,22). The van der Waals surface area contributed by atoms with E-state index in [1.165, 1.54) is 22.7 Å². The highest BCUT2D eigenvalue weighted by molar-refractivity contribution is 9.11. The number of thiazole rings is 1. The van der Waals surface area contributed by atoms with Gasteiger partial charge < -0.3 is 4.90 Å². The molecule has 0 aliphatic carbocycles. The molecule has 0 saturated heterocycles. The number of aromatic nitrogens is 1. The predicted octanol–water partition coefficient (Wildman–Crippen LogP) is 4.10. The Kier molecular flexibility index (Phi) is 5.72. The minimum atomic E-state index is -0.344. The summed E-state index contributed by atoms with van der Waals surface area (Å²) in [6, 6.07) is 5.29. The minimum absolute atomic E-state index is 0.343. The zero-order valence-corrected chi connectivity index (χ0v) is 17.5. The molecule has 6 nitrogen and oxygen atoms in total. The summed E-state index contributed by atoms with van der Waals surface area (Å²) in [5, 5.41) is 0.967. The van der Waals surface area contributed by atoms with E-state index in [9.17, 15) is 9.59 Å². The van der Waals surface area contributed by atoms with E-state index in [0.29, 0.717) is 9.75 Å². The van der Waals surface area contributed by atoms with Gasteiger partial charge >= 0.3 is 0 Å². The lowest BCUT2D eigenvalue weighted by atomic mass is 10.4. The molecule has 2 amide bonds. The highest BCUT2D eigenvalue weighted by Crippen LogP contribution is 2.34. The molecule has 2 N–H and O–H groups in total. The maximum absolute atomic E-state index is 12.2. The number of carbonyl (C=O) groups is 2. The Morgan fingerprint density at radius 3 is 2.32 bits per heavy atom. The summed E-state index contributed by atoms with van der Waals surface area (Å²) in [7, 11) is 0. The van der Waals surface area contributed by atoms with E-state index < -0.39 is 0 Å². The third-order valence-electron chi connectivity index (χ3n) is 3.42. The molecule has 0 atom stereocenters. The molecule has 0 aliphatic heterocycles. The lowest BCUT2D eigenvalue weighted by molar-refractivity contribution is 0.0851. The molecule has 25 heavy (non-hydrogen) atoms. The van der Waals surface area contributed by atoms with Gasteiger partial charge in [-0.05, 0) is 48.0 Å². The van der Waals surface area contributed by atoms with Crippen LogP contribution in [0.15, 0.2) is 22.0 Å². The number of hydrogen-bond acceptors (Lipinski definition) is 7. The van der Waals surface area contributed by atoms with Crippen molar-refractivity contribution in [2.24, 2.45) is 0 Å². The number of hydrogen-bond donors (Lipinski definition) is 2. The number of rotatable bonds is 5. The fourth-order valence-corrected chi connectivity index (χ4v) is 5.65. The normalized spacial score (nSPS) is 10.8. The number of thiophene rings is 2. The zero-order chi connectivity index (χ0) is 18.0. The first kappa shape index (κ1) is 18.3. The van der Waals surface area contributed by atoms with Gasteiger partial charge in [0.15, 0.2) is 5.13 Å². The van der Waals surface area contributed by atoms with Gasteiger partial charge in [0.1, 0.15) is 4.83 Å². The van der Waals surface area contributed by atoms with Crippen LogP contribution in [0.1, 0.15) is 33.2 Å². The van der Waals surface area contributed by atoms with Crippen LogP contribution < -0.4 is 15.8 Å². The Hall–Kier alpha value is -1.49. The Labute approximate surface area is 165 Å². The van der Waals surface area contributed by atoms with Crippen LogP contribution in [0.5, 0.6) is 0 Å². The Bertz CT molecular complexity index is 882. The summed E-state index contributed by atoms with van der Waals surface area (Å²) in [4.78, 5) is 32.8. The second kappa shape index (κ2) is 7.81. The number of fused-ring (bicyclic) bond motifs is 1. The molecule has 132 valence electrons. The van der Waals surface area contributed by atoms with Crippen molar-refractivity contribution >= 4 is 76.4 Å². The van der Waals surface area contributed by atoms with Gasteiger partial charge in [0.05, 0.1) is 18.2 Å². The van der Waals surface area contributed by atoms with Crippen LogP contribution in [0, 0.1) is 0 Å². The number of amides is 2. The number of hydrazine groups is 1. The van der Waals surface area contributed by atoms with Crippen molar-refractivity contribution in [2.75, 3.05) is 18.0 Å². The number of nitrogens with zero attached hydrogens (tertiary/aromatic N) is 2. The van der Waals surface area contributed by atoms with Gasteiger partial charge in [-0.2, -0.15) is 0 Å². The van der Waals surface area contributed by atoms with Crippen LogP contribution in [-0.4, -0.2) is 29.9 Å². The topological polar surface area (TPSA) is 74.3 Å². The van der Waals surface area contributed by atoms with E-state index in [2.05, 4.69) is 50.5 Å². The largest absolute Gasteiger partial charge is 0.349 e. The summed E-state index contributed by atoms with van der Waals surface area (Å²) in [5.41, 5.74) is 4.87. The van der Waals surface area contributed by atoms with E-state index in [-0.39, 0.29) is 11.8 Å². The Morgan fingerprint density at radius 2 is 1.76 bits per heavy atom. The highest BCUT2D eigenvalue weighted by Gasteiger charge is 2.17. The molecular formula is C15H15BrN4O2S3. The molecular weight excluding hydrogens is 444 g/mol. The van der Waals surface area contributed by atoms with Crippen molar-refractivity contribution in [2.45, 2.75) is 13.8 Å². The fourth-order valence-electron chi connectivity index (χ4n) is 2.14. The van der Waals surface area contributed by atoms with E-state index in [1.54, 1.807) is 23.5 Å². The molecule has 3 aromatic heterocycles. The Balaban J connectivity index is 1.66. The summed E-state index contributed by atoms with van der Waals surface area (Å²) in [6.07, 6.45) is 0. The van der Waals surface area contributed by atoms with Gasteiger partial charge in [0.2, 0.25) is 0 Å². The van der Waals surface area contributed by atoms with Gasteiger partial charge in [0.25, 0.3) is 11.8 Å². The maximum Gasteiger partial charge on any atom is 0.279 e. The van der Waals surface area contributed by atoms with E-state index in [0.717, 1.165) is 31.5 Å². The van der Waals surface area contributed by atoms with Gasteiger partial charge in [-0.25, -0.2) is 4.98 Å². The molecule has 0 fully saturated rings. The van der Waals surface area contributed by atoms with E-state index in [4.69, 9.17) is 0 Å². The molecule has 0 saturated carbocycles. The molecule has 3 aromatic rings. The van der Waals surface area contributed by atoms with Crippen LogP contribution >= 0.6 is 49.9 Å². The number of nitrogens with one attached hydrogen (secondary N) is 2. The maximum atomic E-state index is 12.2. The molecule has 0 aliphatic rings. The molecule has 10 heteroatoms. The van der Waals surface area contributed by atoms with Crippen molar-refractivity contribution < 1.29 is 9.59 Å². The summed E-state index contributed by atoms with van der Waals surface area (Å²) in [6.45, 7) is 5.98. The quantitative estimate of drug-likeness (QED) is 0.564. The second-order valence-electron chi connectivity index (χ2n) is 4.96. The molecule has 0 aromatic carbocycles. The zero-order valence-electron chi connectivity index (χ0n) is 13.5. The van der Waals surface area contributed by atoms with Gasteiger partial charge in [-0.3, -0.25) is 20.4 Å². The third kappa shape index (κ3) is 4.02. The van der Waals surface area contributed by atoms with Crippen molar-refractivity contribution in [3.8, 4) is 0 Å². The lowest BCUT2D eigenvalue weighted by Crippen LogP contribution is -2.41. The van der Waals surface area contributed by atoms with Crippen molar-refractivity contribution in [3.05, 3.63) is 31.7 Å². The van der Waals surface area contributed by atoms with Crippen molar-refractivity contribution in [1.82, 2.24) is 15.8 Å². The lowest BCUT2D eigenvalue weighted by Gasteiger charge is -2.16. The first-order valence-electron chi connectivity index (χ1n) is 7.53. The average molecular weight is 459 g/mol. The summed E-state index contributed by atoms with van der Waals surface area (Å²) >= 11 is 7.49.